The van der Waals surface area contributed by atoms with E-state index in [1.54, 1.807) is 55.6 Å². The lowest BCUT2D eigenvalue weighted by molar-refractivity contribution is -0.113. The first kappa shape index (κ1) is 22.6. The van der Waals surface area contributed by atoms with Crippen LogP contribution >= 0.6 is 23.4 Å². The Kier molecular flexibility index (Phi) is 7.91. The van der Waals surface area contributed by atoms with Gasteiger partial charge in [0.25, 0.3) is 5.91 Å². The average Bonchev–Trinajstić information content (AvgIpc) is 3.13. The first-order chi connectivity index (χ1) is 15.0. The maximum atomic E-state index is 12.2. The summed E-state index contributed by atoms with van der Waals surface area (Å²) in [6, 6.07) is 14.0. The summed E-state index contributed by atoms with van der Waals surface area (Å²) in [6.45, 7) is 0.411. The molecule has 2 N–H and O–H groups in total. The molecule has 0 spiro atoms. The minimum atomic E-state index is -0.186. The Bertz CT molecular complexity index is 1060. The molecule has 2 amide bonds. The lowest BCUT2D eigenvalue weighted by atomic mass is 10.2. The van der Waals surface area contributed by atoms with E-state index >= 15 is 0 Å². The lowest BCUT2D eigenvalue weighted by Crippen LogP contribution is -2.26. The fraction of sp³-hybridized carbons (Fsp3) is 0.238. The number of nitrogens with one attached hydrogen (secondary N) is 2. The monoisotopic (exact) mass is 459 g/mol. The van der Waals surface area contributed by atoms with Crippen molar-refractivity contribution >= 4 is 40.9 Å². The highest BCUT2D eigenvalue weighted by atomic mass is 35.5. The minimum Gasteiger partial charge on any atom is -0.497 e. The second kappa shape index (κ2) is 10.8. The Hall–Kier alpha value is -3.04. The zero-order chi connectivity index (χ0) is 22.2. The molecule has 0 aliphatic rings. The van der Waals surface area contributed by atoms with Crippen molar-refractivity contribution in [3.8, 4) is 5.75 Å². The van der Waals surface area contributed by atoms with E-state index < -0.39 is 0 Å². The largest absolute Gasteiger partial charge is 0.497 e. The Morgan fingerprint density at radius 3 is 2.58 bits per heavy atom. The number of para-hydroxylation sites is 1. The molecule has 3 aromatic rings. The molecule has 8 nitrogen and oxygen atoms in total. The summed E-state index contributed by atoms with van der Waals surface area (Å²) in [5.74, 6) is 1.22. The molecule has 0 unspecified atom stereocenters. The number of carbonyl (C=O) groups excluding carboxylic acids is 2. The van der Waals surface area contributed by atoms with Gasteiger partial charge in [0.05, 0.1) is 23.6 Å². The fourth-order valence-electron chi connectivity index (χ4n) is 2.70. The molecule has 3 rings (SSSR count). The van der Waals surface area contributed by atoms with Crippen molar-refractivity contribution in [2.45, 2.75) is 11.6 Å². The predicted octanol–water partition coefficient (Wildman–Crippen LogP) is 3.18. The van der Waals surface area contributed by atoms with E-state index in [1.807, 2.05) is 11.6 Å². The molecule has 0 saturated carbocycles. The van der Waals surface area contributed by atoms with Gasteiger partial charge >= 0.3 is 0 Å². The van der Waals surface area contributed by atoms with Crippen molar-refractivity contribution in [1.82, 2.24) is 20.1 Å². The maximum absolute atomic E-state index is 12.2. The summed E-state index contributed by atoms with van der Waals surface area (Å²) in [4.78, 5) is 24.4. The van der Waals surface area contributed by atoms with E-state index in [4.69, 9.17) is 16.3 Å². The van der Waals surface area contributed by atoms with Crippen molar-refractivity contribution in [2.75, 3.05) is 24.7 Å². The number of thioether (sulfide) groups is 1. The second-order valence-electron chi connectivity index (χ2n) is 6.51. The van der Waals surface area contributed by atoms with Gasteiger partial charge < -0.3 is 19.9 Å². The van der Waals surface area contributed by atoms with Crippen molar-refractivity contribution in [3.05, 3.63) is 64.9 Å². The van der Waals surface area contributed by atoms with E-state index in [9.17, 15) is 9.59 Å². The van der Waals surface area contributed by atoms with Crippen LogP contribution in [0, 0.1) is 0 Å². The Labute approximate surface area is 189 Å². The van der Waals surface area contributed by atoms with Gasteiger partial charge in [0, 0.05) is 25.6 Å². The number of aromatic nitrogens is 3. The van der Waals surface area contributed by atoms with Crippen molar-refractivity contribution in [3.63, 3.8) is 0 Å². The number of nitrogens with zero attached hydrogens (tertiary/aromatic N) is 3. The van der Waals surface area contributed by atoms with Crippen LogP contribution in [-0.2, 0) is 18.3 Å². The smallest absolute Gasteiger partial charge is 0.251 e. The van der Waals surface area contributed by atoms with Crippen LogP contribution in [0.15, 0.2) is 53.7 Å². The Morgan fingerprint density at radius 2 is 1.87 bits per heavy atom. The molecular formula is C21H22ClN5O3S. The van der Waals surface area contributed by atoms with E-state index in [1.165, 1.54) is 11.8 Å². The van der Waals surface area contributed by atoms with Gasteiger partial charge in [-0.15, -0.1) is 10.2 Å². The van der Waals surface area contributed by atoms with Crippen LogP contribution in [0.3, 0.4) is 0 Å². The third-order valence-corrected chi connectivity index (χ3v) is 5.74. The maximum Gasteiger partial charge on any atom is 0.251 e. The zero-order valence-electron chi connectivity index (χ0n) is 17.1. The molecule has 31 heavy (non-hydrogen) atoms. The van der Waals surface area contributed by atoms with Gasteiger partial charge in [-0.2, -0.15) is 0 Å². The van der Waals surface area contributed by atoms with Crippen molar-refractivity contribution in [2.24, 2.45) is 7.05 Å². The molecule has 0 aliphatic carbocycles. The number of carbonyl (C=O) groups is 2. The number of ether oxygens (including phenoxy) is 1. The molecule has 0 radical (unpaired) electrons. The van der Waals surface area contributed by atoms with Crippen LogP contribution in [0.2, 0.25) is 5.02 Å². The van der Waals surface area contributed by atoms with Crippen LogP contribution in [-0.4, -0.2) is 46.0 Å². The molecule has 0 bridgehead atoms. The van der Waals surface area contributed by atoms with Gasteiger partial charge in [-0.05, 0) is 36.4 Å². The van der Waals surface area contributed by atoms with Gasteiger partial charge in [-0.1, -0.05) is 35.5 Å². The standard InChI is InChI=1S/C21H22ClN5O3S/c1-27-18(11-12-23-20(29)14-7-9-15(30-2)10-8-14)25-26-21(27)31-13-19(28)24-17-6-4-3-5-16(17)22/h3-10H,11-13H2,1-2H3,(H,23,29)(H,24,28). The van der Waals surface area contributed by atoms with Gasteiger partial charge in [0.15, 0.2) is 5.16 Å². The Morgan fingerprint density at radius 1 is 1.13 bits per heavy atom. The average molecular weight is 460 g/mol. The normalized spacial score (nSPS) is 10.5. The SMILES string of the molecule is COc1ccc(C(=O)NCCc2nnc(SCC(=O)Nc3ccccc3Cl)n2C)cc1. The number of hydrogen-bond donors (Lipinski definition) is 2. The van der Waals surface area contributed by atoms with Crippen molar-refractivity contribution < 1.29 is 14.3 Å². The second-order valence-corrected chi connectivity index (χ2v) is 7.86. The number of amides is 2. The summed E-state index contributed by atoms with van der Waals surface area (Å²) in [5.41, 5.74) is 1.13. The quantitative estimate of drug-likeness (QED) is 0.477. The molecule has 0 fully saturated rings. The van der Waals surface area contributed by atoms with Gasteiger partial charge in [-0.25, -0.2) is 0 Å². The first-order valence-corrected chi connectivity index (χ1v) is 10.8. The molecule has 0 atom stereocenters. The highest BCUT2D eigenvalue weighted by molar-refractivity contribution is 7.99. The molecule has 10 heteroatoms. The van der Waals surface area contributed by atoms with Crippen LogP contribution in [0.1, 0.15) is 16.2 Å². The first-order valence-electron chi connectivity index (χ1n) is 9.45. The van der Waals surface area contributed by atoms with Gasteiger partial charge in [0.1, 0.15) is 11.6 Å². The van der Waals surface area contributed by atoms with Crippen LogP contribution in [0.4, 0.5) is 5.69 Å². The van der Waals surface area contributed by atoms with Crippen molar-refractivity contribution in [1.29, 1.82) is 0 Å². The molecule has 2 aromatic carbocycles. The lowest BCUT2D eigenvalue weighted by Gasteiger charge is -2.07. The molecule has 1 heterocycles. The summed E-state index contributed by atoms with van der Waals surface area (Å²) in [6.07, 6.45) is 0.512. The number of methoxy groups -OCH3 is 1. The molecular weight excluding hydrogens is 438 g/mol. The van der Waals surface area contributed by atoms with Gasteiger partial charge in [0.2, 0.25) is 5.91 Å². The third-order valence-electron chi connectivity index (χ3n) is 4.39. The molecule has 0 aliphatic heterocycles. The van der Waals surface area contributed by atoms with E-state index in [0.29, 0.717) is 46.0 Å². The highest BCUT2D eigenvalue weighted by Gasteiger charge is 2.13. The molecule has 1 aromatic heterocycles. The zero-order valence-corrected chi connectivity index (χ0v) is 18.7. The topological polar surface area (TPSA) is 98.1 Å². The number of hydrogen-bond acceptors (Lipinski definition) is 6. The van der Waals surface area contributed by atoms with Gasteiger partial charge in [-0.3, -0.25) is 9.59 Å². The number of anilines is 1. The minimum absolute atomic E-state index is 0.171. The number of rotatable bonds is 9. The molecule has 162 valence electrons. The van der Waals surface area contributed by atoms with Crippen LogP contribution < -0.4 is 15.4 Å². The van der Waals surface area contributed by atoms with E-state index in [0.717, 1.165) is 0 Å². The van der Waals surface area contributed by atoms with Crippen LogP contribution in [0.25, 0.3) is 0 Å². The Balaban J connectivity index is 1.46. The van der Waals surface area contributed by atoms with E-state index in [-0.39, 0.29) is 17.6 Å². The number of benzene rings is 2. The fourth-order valence-corrected chi connectivity index (χ4v) is 3.61. The highest BCUT2D eigenvalue weighted by Crippen LogP contribution is 2.22. The van der Waals surface area contributed by atoms with E-state index in [2.05, 4.69) is 20.8 Å². The van der Waals surface area contributed by atoms with Crippen LogP contribution in [0.5, 0.6) is 5.75 Å². The summed E-state index contributed by atoms with van der Waals surface area (Å²) < 4.78 is 6.90. The molecule has 0 saturated heterocycles. The number of halogens is 1. The summed E-state index contributed by atoms with van der Waals surface area (Å²) in [5, 5.41) is 15.0. The summed E-state index contributed by atoms with van der Waals surface area (Å²) in [7, 11) is 3.41. The third kappa shape index (κ3) is 6.22. The predicted molar refractivity (Wildman–Crippen MR) is 121 cm³/mol. The summed E-state index contributed by atoms with van der Waals surface area (Å²) >= 11 is 7.33.